The van der Waals surface area contributed by atoms with E-state index >= 15 is 0 Å². The van der Waals surface area contributed by atoms with Gasteiger partial charge in [0.2, 0.25) is 0 Å². The number of halogens is 1. The Labute approximate surface area is 120 Å². The second-order valence-electron chi connectivity index (χ2n) is 3.98. The van der Waals surface area contributed by atoms with Crippen molar-refractivity contribution in [3.05, 3.63) is 46.7 Å². The van der Waals surface area contributed by atoms with Gasteiger partial charge in [0.1, 0.15) is 4.90 Å². The summed E-state index contributed by atoms with van der Waals surface area (Å²) in [7, 11) is -3.66. The lowest BCUT2D eigenvalue weighted by Crippen LogP contribution is -2.13. The van der Waals surface area contributed by atoms with Crippen LogP contribution in [-0.4, -0.2) is 13.4 Å². The second-order valence-corrected chi connectivity index (χ2v) is 6.49. The van der Waals surface area contributed by atoms with Crippen molar-refractivity contribution in [3.8, 4) is 0 Å². The summed E-state index contributed by atoms with van der Waals surface area (Å²) < 4.78 is 27.4. The normalized spacial score (nSPS) is 11.3. The predicted octanol–water partition coefficient (Wildman–Crippen LogP) is 2.54. The number of nitrogens with zero attached hydrogens (tertiary/aromatic N) is 1. The fourth-order valence-corrected chi connectivity index (χ4v) is 3.70. The molecular formula is C12H12BrN3O2S. The lowest BCUT2D eigenvalue weighted by molar-refractivity contribution is 0.601. The lowest BCUT2D eigenvalue weighted by atomic mass is 10.3. The number of benzene rings is 1. The van der Waals surface area contributed by atoms with E-state index < -0.39 is 10.0 Å². The van der Waals surface area contributed by atoms with Crippen LogP contribution in [0.5, 0.6) is 0 Å². The minimum atomic E-state index is -3.66. The van der Waals surface area contributed by atoms with Crippen molar-refractivity contribution < 1.29 is 8.42 Å². The molecule has 0 aliphatic heterocycles. The van der Waals surface area contributed by atoms with Crippen LogP contribution in [0.4, 0.5) is 11.4 Å². The number of hydrogen-bond donors (Lipinski definition) is 2. The second kappa shape index (κ2) is 5.18. The van der Waals surface area contributed by atoms with Gasteiger partial charge in [-0.2, -0.15) is 0 Å². The molecule has 0 aliphatic carbocycles. The molecule has 7 heteroatoms. The highest BCUT2D eigenvalue weighted by atomic mass is 79.9. The monoisotopic (exact) mass is 341 g/mol. The summed E-state index contributed by atoms with van der Waals surface area (Å²) in [5.74, 6) is 0. The zero-order chi connectivity index (χ0) is 14.0. The molecule has 5 nitrogen and oxygen atoms in total. The molecule has 100 valence electrons. The van der Waals surface area contributed by atoms with E-state index in [-0.39, 0.29) is 4.90 Å². The Kier molecular flexibility index (Phi) is 3.77. The molecule has 0 atom stereocenters. The van der Waals surface area contributed by atoms with Crippen LogP contribution in [0.15, 0.2) is 45.9 Å². The topological polar surface area (TPSA) is 85.1 Å². The van der Waals surface area contributed by atoms with Crippen LogP contribution in [-0.2, 0) is 10.0 Å². The van der Waals surface area contributed by atoms with E-state index in [2.05, 4.69) is 25.6 Å². The summed E-state index contributed by atoms with van der Waals surface area (Å²) in [6, 6.07) is 7.79. The highest BCUT2D eigenvalue weighted by Crippen LogP contribution is 2.26. The first-order valence-electron chi connectivity index (χ1n) is 5.39. The number of sulfonamides is 1. The van der Waals surface area contributed by atoms with E-state index in [0.29, 0.717) is 15.8 Å². The molecule has 3 N–H and O–H groups in total. The summed E-state index contributed by atoms with van der Waals surface area (Å²) in [5, 5.41) is 0. The largest absolute Gasteiger partial charge is 0.399 e. The number of pyridine rings is 1. The molecule has 0 saturated carbocycles. The molecule has 1 heterocycles. The predicted molar refractivity (Wildman–Crippen MR) is 78.3 cm³/mol. The van der Waals surface area contributed by atoms with E-state index in [4.69, 9.17) is 5.73 Å². The number of aryl methyl sites for hydroxylation is 1. The van der Waals surface area contributed by atoms with Crippen LogP contribution in [0.25, 0.3) is 0 Å². The van der Waals surface area contributed by atoms with Crippen molar-refractivity contribution in [2.45, 2.75) is 11.8 Å². The number of rotatable bonds is 3. The zero-order valence-electron chi connectivity index (χ0n) is 10.1. The molecule has 1 aromatic heterocycles. The van der Waals surface area contributed by atoms with Gasteiger partial charge in [-0.15, -0.1) is 0 Å². The minimum Gasteiger partial charge on any atom is -0.399 e. The molecule has 0 bridgehead atoms. The highest BCUT2D eigenvalue weighted by molar-refractivity contribution is 9.10. The molecule has 0 fully saturated rings. The summed E-state index contributed by atoms with van der Waals surface area (Å²) in [6.07, 6.45) is 1.55. The summed E-state index contributed by atoms with van der Waals surface area (Å²) in [4.78, 5) is 4.15. The Bertz CT molecular complexity index is 717. The van der Waals surface area contributed by atoms with Gasteiger partial charge in [0, 0.05) is 22.1 Å². The van der Waals surface area contributed by atoms with Crippen molar-refractivity contribution in [2.24, 2.45) is 0 Å². The van der Waals surface area contributed by atoms with E-state index in [9.17, 15) is 8.42 Å². The van der Waals surface area contributed by atoms with Gasteiger partial charge in [0.05, 0.1) is 5.69 Å². The molecular weight excluding hydrogens is 330 g/mol. The van der Waals surface area contributed by atoms with Gasteiger partial charge in [-0.05, 0) is 53.2 Å². The number of hydrogen-bond acceptors (Lipinski definition) is 4. The quantitative estimate of drug-likeness (QED) is 0.840. The van der Waals surface area contributed by atoms with E-state index in [1.165, 1.54) is 12.1 Å². The smallest absolute Gasteiger partial charge is 0.263 e. The van der Waals surface area contributed by atoms with Gasteiger partial charge in [-0.25, -0.2) is 8.42 Å². The Morgan fingerprint density at radius 2 is 2.00 bits per heavy atom. The molecule has 2 rings (SSSR count). The van der Waals surface area contributed by atoms with E-state index in [0.717, 1.165) is 5.69 Å². The Hall–Kier alpha value is -1.60. The van der Waals surface area contributed by atoms with Gasteiger partial charge < -0.3 is 5.73 Å². The van der Waals surface area contributed by atoms with Crippen LogP contribution in [0.1, 0.15) is 5.69 Å². The maximum atomic E-state index is 12.2. The number of nitrogen functional groups attached to an aromatic ring is 1. The highest BCUT2D eigenvalue weighted by Gasteiger charge is 2.17. The van der Waals surface area contributed by atoms with E-state index in [1.807, 2.05) is 0 Å². The molecule has 0 unspecified atom stereocenters. The van der Waals surface area contributed by atoms with Crippen molar-refractivity contribution in [1.82, 2.24) is 4.98 Å². The summed E-state index contributed by atoms with van der Waals surface area (Å²) in [5.41, 5.74) is 7.28. The molecule has 0 saturated heterocycles. The first-order valence-corrected chi connectivity index (χ1v) is 7.66. The van der Waals surface area contributed by atoms with Gasteiger partial charge in [-0.1, -0.05) is 0 Å². The maximum absolute atomic E-state index is 12.2. The lowest BCUT2D eigenvalue weighted by Gasteiger charge is -2.10. The third-order valence-electron chi connectivity index (χ3n) is 2.39. The first-order chi connectivity index (χ1) is 8.88. The average molecular weight is 342 g/mol. The Morgan fingerprint density at radius 1 is 1.26 bits per heavy atom. The Balaban J connectivity index is 2.38. The summed E-state index contributed by atoms with van der Waals surface area (Å²) in [6.45, 7) is 1.79. The van der Waals surface area contributed by atoms with Crippen LogP contribution in [0.3, 0.4) is 0 Å². The van der Waals surface area contributed by atoms with Crippen LogP contribution >= 0.6 is 15.9 Å². The van der Waals surface area contributed by atoms with Crippen LogP contribution in [0, 0.1) is 6.92 Å². The molecule has 0 radical (unpaired) electrons. The number of nitrogens with two attached hydrogens (primary N) is 1. The summed E-state index contributed by atoms with van der Waals surface area (Å²) >= 11 is 3.20. The van der Waals surface area contributed by atoms with E-state index in [1.54, 1.807) is 31.3 Å². The van der Waals surface area contributed by atoms with Crippen molar-refractivity contribution >= 4 is 37.3 Å². The van der Waals surface area contributed by atoms with Gasteiger partial charge >= 0.3 is 0 Å². The number of aromatic nitrogens is 1. The van der Waals surface area contributed by atoms with Crippen LogP contribution < -0.4 is 10.5 Å². The Morgan fingerprint density at radius 3 is 2.63 bits per heavy atom. The molecule has 0 aliphatic rings. The fraction of sp³-hybridized carbons (Fsp3) is 0.0833. The zero-order valence-corrected chi connectivity index (χ0v) is 12.5. The first kappa shape index (κ1) is 13.8. The maximum Gasteiger partial charge on any atom is 0.263 e. The van der Waals surface area contributed by atoms with Gasteiger partial charge in [-0.3, -0.25) is 9.71 Å². The van der Waals surface area contributed by atoms with Crippen molar-refractivity contribution in [1.29, 1.82) is 0 Å². The third kappa shape index (κ3) is 3.24. The molecule has 0 spiro atoms. The van der Waals surface area contributed by atoms with Crippen molar-refractivity contribution in [2.75, 3.05) is 10.5 Å². The van der Waals surface area contributed by atoms with Gasteiger partial charge in [0.25, 0.3) is 10.0 Å². The standard InChI is InChI=1S/C12H12BrN3O2S/c1-8-6-10(4-5-15-8)16-19(17,18)12-3-2-9(14)7-11(12)13/h2-7H,14H2,1H3,(H,15,16). The van der Waals surface area contributed by atoms with Crippen molar-refractivity contribution in [3.63, 3.8) is 0 Å². The third-order valence-corrected chi connectivity index (χ3v) is 4.75. The minimum absolute atomic E-state index is 0.135. The number of anilines is 2. The SMILES string of the molecule is Cc1cc(NS(=O)(=O)c2ccc(N)cc2Br)ccn1. The van der Waals surface area contributed by atoms with Crippen LogP contribution in [0.2, 0.25) is 0 Å². The van der Waals surface area contributed by atoms with Gasteiger partial charge in [0.15, 0.2) is 0 Å². The molecule has 0 amide bonds. The average Bonchev–Trinajstić information content (AvgIpc) is 2.27. The fourth-order valence-electron chi connectivity index (χ4n) is 1.55. The molecule has 19 heavy (non-hydrogen) atoms. The molecule has 2 aromatic rings. The number of nitrogens with one attached hydrogen (secondary N) is 1. The molecule has 1 aromatic carbocycles.